The van der Waals surface area contributed by atoms with Gasteiger partial charge in [-0.3, -0.25) is 23.9 Å². The number of carbonyl (C=O) groups is 2. The summed E-state index contributed by atoms with van der Waals surface area (Å²) in [5.74, 6) is -4.40. The molecule has 1 aromatic heterocycles. The van der Waals surface area contributed by atoms with Crippen molar-refractivity contribution in [1.29, 1.82) is 5.26 Å². The van der Waals surface area contributed by atoms with E-state index in [9.17, 15) is 42.3 Å². The molecule has 9 nitrogen and oxygen atoms in total. The number of fused-ring (bicyclic) bond motifs is 6. The van der Waals surface area contributed by atoms with Crippen LogP contribution in [-0.4, -0.2) is 52.3 Å². The number of nitrogens with one attached hydrogen (secondary N) is 1. The summed E-state index contributed by atoms with van der Waals surface area (Å²) in [6.07, 6.45) is -6.51. The zero-order chi connectivity index (χ0) is 38.4. The molecule has 53 heavy (non-hydrogen) atoms. The van der Waals surface area contributed by atoms with Gasteiger partial charge in [-0.05, 0) is 84.5 Å². The number of ether oxygens (including phenoxy) is 1. The number of nitrogens with zero attached hydrogens (tertiary/aromatic N) is 3. The number of aryl methyl sites for hydroxylation is 2. The number of amides is 1. The van der Waals surface area contributed by atoms with Crippen LogP contribution in [0.2, 0.25) is 0 Å². The Kier molecular flexibility index (Phi) is 10.1. The summed E-state index contributed by atoms with van der Waals surface area (Å²) >= 11 is 0. The summed E-state index contributed by atoms with van der Waals surface area (Å²) in [7, 11) is 0. The molecule has 2 N–H and O–H groups in total. The van der Waals surface area contributed by atoms with Gasteiger partial charge < -0.3 is 15.2 Å². The van der Waals surface area contributed by atoms with Crippen molar-refractivity contribution >= 4 is 11.9 Å². The summed E-state index contributed by atoms with van der Waals surface area (Å²) < 4.78 is 94.7. The van der Waals surface area contributed by atoms with E-state index in [0.29, 0.717) is 27.3 Å². The molecule has 3 heterocycles. The number of rotatable bonds is 6. The smallest absolute Gasteiger partial charge is 0.416 e. The molecule has 4 bridgehead atoms. The third-order valence-corrected chi connectivity index (χ3v) is 9.42. The second-order valence-corrected chi connectivity index (χ2v) is 13.2. The quantitative estimate of drug-likeness (QED) is 0.222. The average Bonchev–Trinajstić information content (AvgIpc) is 3.07. The van der Waals surface area contributed by atoms with Gasteiger partial charge >= 0.3 is 12.1 Å². The van der Waals surface area contributed by atoms with E-state index in [1.165, 1.54) is 37.3 Å². The molecule has 0 saturated carbocycles. The summed E-state index contributed by atoms with van der Waals surface area (Å²) in [4.78, 5) is 41.6. The molecule has 0 aliphatic carbocycles. The lowest BCUT2D eigenvalue weighted by molar-refractivity contribution is -0.139. The Balaban J connectivity index is 1.57. The minimum Gasteiger partial charge on any atom is -0.488 e. The lowest BCUT2D eigenvalue weighted by atomic mass is 9.91. The fourth-order valence-electron chi connectivity index (χ4n) is 6.86. The lowest BCUT2D eigenvalue weighted by Gasteiger charge is -2.34. The van der Waals surface area contributed by atoms with Crippen LogP contribution in [0.5, 0.6) is 5.75 Å². The maximum atomic E-state index is 16.0. The fourth-order valence-corrected chi connectivity index (χ4v) is 6.86. The number of aromatic nitrogens is 1. The lowest BCUT2D eigenvalue weighted by Crippen LogP contribution is -2.49. The normalized spacial score (nSPS) is 17.8. The molecule has 1 saturated heterocycles. The van der Waals surface area contributed by atoms with Crippen molar-refractivity contribution in [3.05, 3.63) is 121 Å². The first-order chi connectivity index (χ1) is 25.0. The molecule has 276 valence electrons. The minimum atomic E-state index is -4.99. The molecule has 0 radical (unpaired) electrons. The Labute approximate surface area is 299 Å². The summed E-state index contributed by atoms with van der Waals surface area (Å²) in [5, 5.41) is 22.0. The number of benzene rings is 3. The standard InChI is InChI=1S/C38H32F6N4O5/c1-19-7-22(14-45)10-31-34(19)24-8-20(2)35(41)27(11-24)30(13-33(50)51)46-37(52)36(26-9-21(18-53-31)3-4-29(26)40)48-15-23(5-6-47-16-25(39)17-47)28(12-32(48)49)38(42,43)44/h3-4,7-12,15,25,30,36H,5-6,13,16-18H2,1-2H3,(H,46,52)(H,50,51)/t30-,36-/m0/s1. The summed E-state index contributed by atoms with van der Waals surface area (Å²) in [6, 6.07) is 8.03. The maximum Gasteiger partial charge on any atom is 0.416 e. The molecule has 6 rings (SSSR count). The SMILES string of the molecule is Cc1cc2cc(c1F)[C@H](CC(=O)O)NC(=O)[C@@H](n1cc(CCN3CC(F)C3)c(C(F)(F)F)cc1=O)c1cc(ccc1F)COc1cc(C#N)cc(C)c1-2. The van der Waals surface area contributed by atoms with E-state index in [2.05, 4.69) is 5.32 Å². The van der Waals surface area contributed by atoms with Crippen LogP contribution in [0, 0.1) is 36.8 Å². The molecular formula is C38H32F6N4O5. The van der Waals surface area contributed by atoms with Crippen LogP contribution < -0.4 is 15.6 Å². The highest BCUT2D eigenvalue weighted by Gasteiger charge is 2.37. The van der Waals surface area contributed by atoms with Crippen LogP contribution in [0.4, 0.5) is 26.3 Å². The molecule has 15 heteroatoms. The Hall–Kier alpha value is -5.62. The highest BCUT2D eigenvalue weighted by atomic mass is 19.4. The van der Waals surface area contributed by atoms with E-state index in [4.69, 9.17) is 4.74 Å². The van der Waals surface area contributed by atoms with Gasteiger partial charge in [0.2, 0.25) is 5.91 Å². The predicted molar refractivity (Wildman–Crippen MR) is 179 cm³/mol. The molecule has 0 unspecified atom stereocenters. The number of carbonyl (C=O) groups excluding carboxylic acids is 1. The number of hydrogen-bond acceptors (Lipinski definition) is 6. The number of pyridine rings is 1. The van der Waals surface area contributed by atoms with Gasteiger partial charge in [-0.1, -0.05) is 6.07 Å². The molecule has 1 fully saturated rings. The van der Waals surface area contributed by atoms with Crippen LogP contribution in [0.25, 0.3) is 11.1 Å². The number of halogens is 6. The van der Waals surface area contributed by atoms with Crippen molar-refractivity contribution < 1.29 is 45.8 Å². The molecule has 2 atom stereocenters. The fraction of sp³-hybridized carbons (Fsp3) is 0.316. The summed E-state index contributed by atoms with van der Waals surface area (Å²) in [6.45, 7) is 2.86. The van der Waals surface area contributed by atoms with Gasteiger partial charge in [0.1, 0.15) is 36.2 Å². The third kappa shape index (κ3) is 7.64. The Morgan fingerprint density at radius 1 is 1.04 bits per heavy atom. The first kappa shape index (κ1) is 37.1. The highest BCUT2D eigenvalue weighted by Crippen LogP contribution is 2.39. The molecule has 2 aliphatic heterocycles. The van der Waals surface area contributed by atoms with Crippen molar-refractivity contribution in [2.24, 2.45) is 0 Å². The second kappa shape index (κ2) is 14.4. The van der Waals surface area contributed by atoms with E-state index >= 15 is 8.78 Å². The van der Waals surface area contributed by atoms with Crippen LogP contribution >= 0.6 is 0 Å². The van der Waals surface area contributed by atoms with Gasteiger partial charge in [0.15, 0.2) is 0 Å². The predicted octanol–water partition coefficient (Wildman–Crippen LogP) is 6.31. The van der Waals surface area contributed by atoms with E-state index in [1.54, 1.807) is 17.9 Å². The van der Waals surface area contributed by atoms with Crippen molar-refractivity contribution in [3.8, 4) is 22.9 Å². The Morgan fingerprint density at radius 2 is 1.77 bits per heavy atom. The number of hydrogen-bond donors (Lipinski definition) is 2. The number of carboxylic acids is 1. The van der Waals surface area contributed by atoms with Gasteiger partial charge in [0, 0.05) is 48.6 Å². The van der Waals surface area contributed by atoms with Crippen molar-refractivity contribution in [3.63, 3.8) is 0 Å². The maximum absolute atomic E-state index is 16.0. The number of alkyl halides is 4. The first-order valence-electron chi connectivity index (χ1n) is 16.5. The third-order valence-electron chi connectivity index (χ3n) is 9.42. The average molecular weight is 739 g/mol. The molecule has 1 amide bonds. The largest absolute Gasteiger partial charge is 0.488 e. The topological polar surface area (TPSA) is 125 Å². The zero-order valence-electron chi connectivity index (χ0n) is 28.4. The van der Waals surface area contributed by atoms with Gasteiger partial charge in [0.25, 0.3) is 5.56 Å². The summed E-state index contributed by atoms with van der Waals surface area (Å²) in [5.41, 5.74) is -1.90. The second-order valence-electron chi connectivity index (χ2n) is 13.2. The van der Waals surface area contributed by atoms with E-state index in [-0.39, 0.29) is 60.7 Å². The van der Waals surface area contributed by atoms with Crippen molar-refractivity contribution in [2.45, 2.75) is 57.7 Å². The number of likely N-dealkylation sites (tertiary alicyclic amines) is 1. The van der Waals surface area contributed by atoms with Gasteiger partial charge in [-0.15, -0.1) is 0 Å². The van der Waals surface area contributed by atoms with E-state index in [0.717, 1.165) is 12.3 Å². The van der Waals surface area contributed by atoms with Crippen LogP contribution in [0.1, 0.15) is 63.0 Å². The van der Waals surface area contributed by atoms with E-state index < -0.39 is 76.6 Å². The highest BCUT2D eigenvalue weighted by molar-refractivity contribution is 5.85. The zero-order valence-corrected chi connectivity index (χ0v) is 28.4. The van der Waals surface area contributed by atoms with Crippen LogP contribution in [0.15, 0.2) is 59.5 Å². The van der Waals surface area contributed by atoms with E-state index in [1.807, 2.05) is 6.07 Å². The molecular weight excluding hydrogens is 706 g/mol. The number of nitriles is 1. The Morgan fingerprint density at radius 3 is 2.43 bits per heavy atom. The molecule has 3 aromatic carbocycles. The number of aliphatic carboxylic acids is 1. The Bertz CT molecular complexity index is 2220. The first-order valence-corrected chi connectivity index (χ1v) is 16.5. The molecule has 0 spiro atoms. The minimum absolute atomic E-state index is 0.0100. The van der Waals surface area contributed by atoms with Gasteiger partial charge in [-0.2, -0.15) is 18.4 Å². The van der Waals surface area contributed by atoms with Crippen molar-refractivity contribution in [1.82, 2.24) is 14.8 Å². The van der Waals surface area contributed by atoms with Crippen LogP contribution in [0.3, 0.4) is 0 Å². The number of carboxylic acid groups (broad SMARTS) is 1. The van der Waals surface area contributed by atoms with Gasteiger partial charge in [0.05, 0.1) is 29.7 Å². The van der Waals surface area contributed by atoms with Crippen molar-refractivity contribution in [2.75, 3.05) is 19.6 Å². The van der Waals surface area contributed by atoms with Crippen LogP contribution in [-0.2, 0) is 28.8 Å². The molecule has 2 aliphatic rings. The van der Waals surface area contributed by atoms with Gasteiger partial charge in [-0.25, -0.2) is 13.2 Å². The molecule has 4 aromatic rings. The monoisotopic (exact) mass is 738 g/mol.